The summed E-state index contributed by atoms with van der Waals surface area (Å²) in [4.78, 5) is 25.4. The molecule has 16 heavy (non-hydrogen) atoms. The van der Waals surface area contributed by atoms with Crippen LogP contribution in [0.25, 0.3) is 0 Å². The second kappa shape index (κ2) is 5.68. The van der Waals surface area contributed by atoms with E-state index in [1.165, 1.54) is 0 Å². The van der Waals surface area contributed by atoms with E-state index in [-0.39, 0.29) is 11.8 Å². The van der Waals surface area contributed by atoms with E-state index in [1.807, 2.05) is 19.0 Å². The number of ketones is 1. The summed E-state index contributed by atoms with van der Waals surface area (Å²) in [6.07, 6.45) is 4.04. The fraction of sp³-hybridized carbons (Fsp3) is 0.667. The van der Waals surface area contributed by atoms with Crippen molar-refractivity contribution >= 4 is 11.8 Å². The van der Waals surface area contributed by atoms with Crippen LogP contribution < -0.4 is 0 Å². The molecule has 1 fully saturated rings. The number of rotatable bonds is 3. The Hall–Kier alpha value is -1.32. The predicted molar refractivity (Wildman–Crippen MR) is 60.8 cm³/mol. The topological polar surface area (TPSA) is 46.6 Å². The third-order valence-electron chi connectivity index (χ3n) is 2.56. The lowest BCUT2D eigenvalue weighted by Gasteiger charge is -2.22. The van der Waals surface area contributed by atoms with E-state index in [4.69, 9.17) is 4.74 Å². The average molecular weight is 225 g/mol. The summed E-state index contributed by atoms with van der Waals surface area (Å²) in [6, 6.07) is 0. The van der Waals surface area contributed by atoms with Crippen molar-refractivity contribution in [2.75, 3.05) is 20.7 Å². The van der Waals surface area contributed by atoms with E-state index in [1.54, 1.807) is 13.1 Å². The summed E-state index contributed by atoms with van der Waals surface area (Å²) in [5, 5.41) is 0. The first-order valence-corrected chi connectivity index (χ1v) is 5.64. The van der Waals surface area contributed by atoms with Crippen molar-refractivity contribution in [1.82, 2.24) is 4.90 Å². The maximum absolute atomic E-state index is 12.0. The molecule has 0 radical (unpaired) electrons. The van der Waals surface area contributed by atoms with Crippen molar-refractivity contribution in [3.63, 3.8) is 0 Å². The minimum absolute atomic E-state index is 0.0709. The fourth-order valence-electron chi connectivity index (χ4n) is 1.88. The average Bonchev–Trinajstić information content (AvgIpc) is 2.21. The minimum Gasteiger partial charge on any atom is -0.465 e. The van der Waals surface area contributed by atoms with Gasteiger partial charge < -0.3 is 9.64 Å². The second-order valence-corrected chi connectivity index (χ2v) is 4.18. The summed E-state index contributed by atoms with van der Waals surface area (Å²) < 4.78 is 4.90. The van der Waals surface area contributed by atoms with Crippen LogP contribution in [0.15, 0.2) is 11.8 Å². The smallest absolute Gasteiger partial charge is 0.316 e. The number of carbonyl (C=O) groups is 2. The highest BCUT2D eigenvalue weighted by Gasteiger charge is 2.33. The number of Topliss-reactive ketones (excluding diaryl/α,β-unsaturated/α-hetero) is 1. The van der Waals surface area contributed by atoms with Crippen LogP contribution in [-0.2, 0) is 14.3 Å². The number of carbonyl (C=O) groups excluding carboxylic acids is 2. The van der Waals surface area contributed by atoms with Crippen molar-refractivity contribution in [2.24, 2.45) is 5.92 Å². The number of esters is 1. The molecule has 0 spiro atoms. The Labute approximate surface area is 96.3 Å². The van der Waals surface area contributed by atoms with Crippen LogP contribution in [0, 0.1) is 5.92 Å². The van der Waals surface area contributed by atoms with Gasteiger partial charge in [-0.3, -0.25) is 9.59 Å². The van der Waals surface area contributed by atoms with Crippen LogP contribution >= 0.6 is 0 Å². The summed E-state index contributed by atoms with van der Waals surface area (Å²) in [5.41, 5.74) is 0.731. The zero-order valence-corrected chi connectivity index (χ0v) is 10.2. The molecule has 0 aliphatic heterocycles. The highest BCUT2D eigenvalue weighted by molar-refractivity contribution is 6.08. The normalized spacial score (nSPS) is 23.3. The molecule has 0 saturated heterocycles. The molecule has 1 saturated carbocycles. The SMILES string of the molecule is CCOC(=O)C1CCCC(=CN(C)C)C1=O. The van der Waals surface area contributed by atoms with E-state index in [2.05, 4.69) is 0 Å². The fourth-order valence-corrected chi connectivity index (χ4v) is 1.88. The van der Waals surface area contributed by atoms with Gasteiger partial charge in [0.25, 0.3) is 0 Å². The van der Waals surface area contributed by atoms with E-state index in [0.29, 0.717) is 13.0 Å². The van der Waals surface area contributed by atoms with E-state index >= 15 is 0 Å². The summed E-state index contributed by atoms with van der Waals surface area (Å²) >= 11 is 0. The van der Waals surface area contributed by atoms with Crippen LogP contribution in [0.2, 0.25) is 0 Å². The lowest BCUT2D eigenvalue weighted by Crippen LogP contribution is -2.31. The van der Waals surface area contributed by atoms with Gasteiger partial charge in [-0.1, -0.05) is 0 Å². The molecule has 0 heterocycles. The van der Waals surface area contributed by atoms with Gasteiger partial charge in [0.15, 0.2) is 5.78 Å². The van der Waals surface area contributed by atoms with Crippen molar-refractivity contribution in [3.8, 4) is 0 Å². The number of nitrogens with zero attached hydrogens (tertiary/aromatic N) is 1. The molecule has 0 amide bonds. The zero-order chi connectivity index (χ0) is 12.1. The Balaban J connectivity index is 2.75. The first-order chi connectivity index (χ1) is 7.56. The monoisotopic (exact) mass is 225 g/mol. The second-order valence-electron chi connectivity index (χ2n) is 4.18. The third kappa shape index (κ3) is 3.08. The van der Waals surface area contributed by atoms with Crippen LogP contribution in [0.1, 0.15) is 26.2 Å². The highest BCUT2D eigenvalue weighted by Crippen LogP contribution is 2.26. The molecule has 0 aromatic heterocycles. The molecular weight excluding hydrogens is 206 g/mol. The first-order valence-electron chi connectivity index (χ1n) is 5.64. The van der Waals surface area contributed by atoms with Crippen LogP contribution in [0.4, 0.5) is 0 Å². The molecule has 1 unspecified atom stereocenters. The number of ether oxygens (including phenoxy) is 1. The quantitative estimate of drug-likeness (QED) is 0.413. The number of allylic oxidation sites excluding steroid dienone is 1. The molecule has 90 valence electrons. The molecule has 0 aromatic carbocycles. The minimum atomic E-state index is -0.583. The lowest BCUT2D eigenvalue weighted by atomic mass is 9.84. The largest absolute Gasteiger partial charge is 0.465 e. The molecule has 0 bridgehead atoms. The predicted octanol–water partition coefficient (Wildman–Crippen LogP) is 1.36. The molecule has 1 rings (SSSR count). The molecule has 1 atom stereocenters. The van der Waals surface area contributed by atoms with Crippen molar-refractivity contribution < 1.29 is 14.3 Å². The molecular formula is C12H19NO3. The molecule has 0 N–H and O–H groups in total. The van der Waals surface area contributed by atoms with Gasteiger partial charge in [0.1, 0.15) is 5.92 Å². The van der Waals surface area contributed by atoms with E-state index in [9.17, 15) is 9.59 Å². The van der Waals surface area contributed by atoms with Gasteiger partial charge in [-0.15, -0.1) is 0 Å². The Kier molecular flexibility index (Phi) is 4.52. The van der Waals surface area contributed by atoms with Gasteiger partial charge >= 0.3 is 5.97 Å². The number of hydrogen-bond donors (Lipinski definition) is 0. The molecule has 0 aromatic rings. The van der Waals surface area contributed by atoms with Gasteiger partial charge in [-0.05, 0) is 26.2 Å². The van der Waals surface area contributed by atoms with Gasteiger partial charge in [-0.2, -0.15) is 0 Å². The van der Waals surface area contributed by atoms with Gasteiger partial charge in [0, 0.05) is 25.9 Å². The maximum Gasteiger partial charge on any atom is 0.316 e. The van der Waals surface area contributed by atoms with Crippen LogP contribution in [0.3, 0.4) is 0 Å². The van der Waals surface area contributed by atoms with Crippen LogP contribution in [0.5, 0.6) is 0 Å². The maximum atomic E-state index is 12.0. The molecule has 1 aliphatic carbocycles. The molecule has 4 heteroatoms. The Bertz CT molecular complexity index is 307. The lowest BCUT2D eigenvalue weighted by molar-refractivity contribution is -0.151. The highest BCUT2D eigenvalue weighted by atomic mass is 16.5. The summed E-state index contributed by atoms with van der Waals surface area (Å²) in [5.74, 6) is -1.03. The van der Waals surface area contributed by atoms with Crippen molar-refractivity contribution in [2.45, 2.75) is 26.2 Å². The van der Waals surface area contributed by atoms with Crippen molar-refractivity contribution in [3.05, 3.63) is 11.8 Å². The van der Waals surface area contributed by atoms with E-state index < -0.39 is 5.92 Å². The summed E-state index contributed by atoms with van der Waals surface area (Å²) in [7, 11) is 3.74. The Morgan fingerprint density at radius 3 is 2.81 bits per heavy atom. The van der Waals surface area contributed by atoms with Crippen molar-refractivity contribution in [1.29, 1.82) is 0 Å². The number of hydrogen-bond acceptors (Lipinski definition) is 4. The Morgan fingerprint density at radius 1 is 1.56 bits per heavy atom. The van der Waals surface area contributed by atoms with Gasteiger partial charge in [0.05, 0.1) is 6.61 Å². The third-order valence-corrected chi connectivity index (χ3v) is 2.56. The molecule has 4 nitrogen and oxygen atoms in total. The van der Waals surface area contributed by atoms with Crippen LogP contribution in [-0.4, -0.2) is 37.4 Å². The molecule has 1 aliphatic rings. The first kappa shape index (κ1) is 12.7. The Morgan fingerprint density at radius 2 is 2.25 bits per heavy atom. The summed E-state index contributed by atoms with van der Waals surface area (Å²) in [6.45, 7) is 2.08. The van der Waals surface area contributed by atoms with Gasteiger partial charge in [-0.25, -0.2) is 0 Å². The standard InChI is InChI=1S/C12H19NO3/c1-4-16-12(15)10-7-5-6-9(11(10)14)8-13(2)3/h8,10H,4-7H2,1-3H3. The zero-order valence-electron chi connectivity index (χ0n) is 10.2. The van der Waals surface area contributed by atoms with Gasteiger partial charge in [0.2, 0.25) is 0 Å². The van der Waals surface area contributed by atoms with E-state index in [0.717, 1.165) is 18.4 Å².